The van der Waals surface area contributed by atoms with E-state index in [1.165, 1.54) is 5.56 Å². The Morgan fingerprint density at radius 3 is 2.27 bits per heavy atom. The summed E-state index contributed by atoms with van der Waals surface area (Å²) >= 11 is 0. The van der Waals surface area contributed by atoms with Gasteiger partial charge in [0.15, 0.2) is 0 Å². The number of nitrogens with zero attached hydrogens (tertiary/aromatic N) is 2. The van der Waals surface area contributed by atoms with Gasteiger partial charge in [0.25, 0.3) is 0 Å². The average Bonchev–Trinajstić information content (AvgIpc) is 2.61. The van der Waals surface area contributed by atoms with Gasteiger partial charge in [0.1, 0.15) is 5.75 Å². The molecule has 0 radical (unpaired) electrons. The number of para-hydroxylation sites is 1. The molecule has 0 saturated carbocycles. The van der Waals surface area contributed by atoms with Crippen LogP contribution >= 0.6 is 0 Å². The number of piperazine rings is 1. The second-order valence-corrected chi connectivity index (χ2v) is 5.29. The molecule has 1 aliphatic heterocycles. The number of benzene rings is 1. The van der Waals surface area contributed by atoms with Gasteiger partial charge in [0.2, 0.25) is 0 Å². The predicted molar refractivity (Wildman–Crippen MR) is 92.6 cm³/mol. The molecule has 1 atom stereocenters. The van der Waals surface area contributed by atoms with Gasteiger partial charge in [-0.3, -0.25) is 9.80 Å². The van der Waals surface area contributed by atoms with Crippen LogP contribution in [0.2, 0.25) is 0 Å². The van der Waals surface area contributed by atoms with Crippen molar-refractivity contribution in [1.82, 2.24) is 9.80 Å². The van der Waals surface area contributed by atoms with Crippen LogP contribution in [0.1, 0.15) is 32.4 Å². The van der Waals surface area contributed by atoms with Crippen LogP contribution in [0.25, 0.3) is 0 Å². The number of rotatable bonds is 6. The van der Waals surface area contributed by atoms with Crippen LogP contribution in [-0.4, -0.2) is 63.4 Å². The second kappa shape index (κ2) is 10.6. The van der Waals surface area contributed by atoms with E-state index in [2.05, 4.69) is 28.9 Å². The summed E-state index contributed by atoms with van der Waals surface area (Å²) in [4.78, 5) is 5.00. The first kappa shape index (κ1) is 18.9. The van der Waals surface area contributed by atoms with Crippen molar-refractivity contribution in [3.05, 3.63) is 29.8 Å². The van der Waals surface area contributed by atoms with Gasteiger partial charge in [-0.05, 0) is 13.0 Å². The normalized spacial score (nSPS) is 17.5. The van der Waals surface area contributed by atoms with E-state index in [-0.39, 0.29) is 0 Å². The van der Waals surface area contributed by atoms with Gasteiger partial charge >= 0.3 is 0 Å². The molecule has 1 aliphatic rings. The Balaban J connectivity index is 0.00000116. The lowest BCUT2D eigenvalue weighted by Gasteiger charge is -2.38. The first-order chi connectivity index (χ1) is 10.8. The molecule has 0 aliphatic carbocycles. The fourth-order valence-electron chi connectivity index (χ4n) is 2.80. The zero-order valence-corrected chi connectivity index (χ0v) is 14.8. The molecule has 22 heavy (non-hydrogen) atoms. The van der Waals surface area contributed by atoms with E-state index >= 15 is 0 Å². The van der Waals surface area contributed by atoms with Crippen LogP contribution < -0.4 is 4.74 Å². The Morgan fingerprint density at radius 2 is 1.68 bits per heavy atom. The van der Waals surface area contributed by atoms with Gasteiger partial charge in [-0.1, -0.05) is 32.0 Å². The van der Waals surface area contributed by atoms with Crippen LogP contribution in [0.15, 0.2) is 24.3 Å². The van der Waals surface area contributed by atoms with Gasteiger partial charge in [-0.25, -0.2) is 0 Å². The van der Waals surface area contributed by atoms with Crippen molar-refractivity contribution in [2.75, 3.05) is 53.6 Å². The molecule has 0 N–H and O–H groups in total. The van der Waals surface area contributed by atoms with Crippen molar-refractivity contribution in [2.24, 2.45) is 0 Å². The molecule has 4 heteroatoms. The zero-order valence-electron chi connectivity index (χ0n) is 14.8. The van der Waals surface area contributed by atoms with Gasteiger partial charge in [0.05, 0.1) is 13.7 Å². The minimum Gasteiger partial charge on any atom is -0.496 e. The van der Waals surface area contributed by atoms with Crippen LogP contribution in [0, 0.1) is 0 Å². The van der Waals surface area contributed by atoms with E-state index in [9.17, 15) is 0 Å². The molecule has 0 aromatic heterocycles. The van der Waals surface area contributed by atoms with Crippen molar-refractivity contribution in [2.45, 2.75) is 26.8 Å². The summed E-state index contributed by atoms with van der Waals surface area (Å²) in [6, 6.07) is 8.72. The number of hydrogen-bond donors (Lipinski definition) is 0. The molecule has 126 valence electrons. The van der Waals surface area contributed by atoms with E-state index in [1.807, 2.05) is 26.0 Å². The Hall–Kier alpha value is -1.10. The fraction of sp³-hybridized carbons (Fsp3) is 0.667. The largest absolute Gasteiger partial charge is 0.496 e. The van der Waals surface area contributed by atoms with Crippen LogP contribution in [0.5, 0.6) is 5.75 Å². The van der Waals surface area contributed by atoms with Crippen molar-refractivity contribution >= 4 is 0 Å². The highest BCUT2D eigenvalue weighted by molar-refractivity contribution is 5.35. The lowest BCUT2D eigenvalue weighted by molar-refractivity contribution is 0.0780. The van der Waals surface area contributed by atoms with E-state index < -0.39 is 0 Å². The highest BCUT2D eigenvalue weighted by atomic mass is 16.5. The van der Waals surface area contributed by atoms with E-state index in [0.717, 1.165) is 45.1 Å². The summed E-state index contributed by atoms with van der Waals surface area (Å²) in [5.74, 6) is 0.988. The van der Waals surface area contributed by atoms with Crippen molar-refractivity contribution < 1.29 is 9.47 Å². The molecule has 1 aromatic rings. The Bertz CT molecular complexity index is 404. The van der Waals surface area contributed by atoms with Crippen molar-refractivity contribution in [1.29, 1.82) is 0 Å². The minimum atomic E-state index is 0.399. The molecule has 4 nitrogen and oxygen atoms in total. The molecule has 1 unspecified atom stereocenters. The zero-order chi connectivity index (χ0) is 16.4. The molecule has 0 spiro atoms. The molecule has 1 heterocycles. The molecule has 0 bridgehead atoms. The third-order valence-corrected chi connectivity index (χ3v) is 4.16. The van der Waals surface area contributed by atoms with Gasteiger partial charge in [-0.15, -0.1) is 0 Å². The lowest BCUT2D eigenvalue weighted by Crippen LogP contribution is -2.47. The standard InChI is InChI=1S/C16H26N2O2.C2H6/c1-14(15-6-4-5-7-16(15)20-3)18-10-8-17(9-11-18)12-13-19-2;1-2/h4-7,14H,8-13H2,1-3H3;1-2H3. The van der Waals surface area contributed by atoms with Crippen molar-refractivity contribution in [3.63, 3.8) is 0 Å². The summed E-state index contributed by atoms with van der Waals surface area (Å²) in [6.07, 6.45) is 0. The number of methoxy groups -OCH3 is 2. The summed E-state index contributed by atoms with van der Waals surface area (Å²) in [5, 5.41) is 0. The first-order valence-electron chi connectivity index (χ1n) is 8.34. The molecule has 1 aromatic carbocycles. The Labute approximate surface area is 136 Å². The molecular weight excluding hydrogens is 276 g/mol. The minimum absolute atomic E-state index is 0.399. The highest BCUT2D eigenvalue weighted by Gasteiger charge is 2.23. The van der Waals surface area contributed by atoms with E-state index in [1.54, 1.807) is 14.2 Å². The monoisotopic (exact) mass is 308 g/mol. The third kappa shape index (κ3) is 5.27. The van der Waals surface area contributed by atoms with Gasteiger partial charge in [0, 0.05) is 51.4 Å². The van der Waals surface area contributed by atoms with Crippen molar-refractivity contribution in [3.8, 4) is 5.75 Å². The maximum absolute atomic E-state index is 5.48. The molecular formula is C18H32N2O2. The Morgan fingerprint density at radius 1 is 1.05 bits per heavy atom. The molecule has 2 rings (SSSR count). The summed E-state index contributed by atoms with van der Waals surface area (Å²) in [5.41, 5.74) is 1.28. The third-order valence-electron chi connectivity index (χ3n) is 4.16. The van der Waals surface area contributed by atoms with Crippen LogP contribution in [0.4, 0.5) is 0 Å². The molecule has 1 fully saturated rings. The topological polar surface area (TPSA) is 24.9 Å². The van der Waals surface area contributed by atoms with E-state index in [4.69, 9.17) is 9.47 Å². The summed E-state index contributed by atoms with van der Waals surface area (Å²) < 4.78 is 10.6. The second-order valence-electron chi connectivity index (χ2n) is 5.29. The van der Waals surface area contributed by atoms with Crippen LogP contribution in [-0.2, 0) is 4.74 Å². The predicted octanol–water partition coefficient (Wildman–Crippen LogP) is 3.05. The Kier molecular flexibility index (Phi) is 9.13. The van der Waals surface area contributed by atoms with Gasteiger partial charge < -0.3 is 9.47 Å². The summed E-state index contributed by atoms with van der Waals surface area (Å²) in [7, 11) is 3.51. The lowest BCUT2D eigenvalue weighted by atomic mass is 10.0. The van der Waals surface area contributed by atoms with Crippen LogP contribution in [0.3, 0.4) is 0 Å². The SMILES string of the molecule is CC.COCCN1CCN(C(C)c2ccccc2OC)CC1. The maximum Gasteiger partial charge on any atom is 0.123 e. The quantitative estimate of drug-likeness (QED) is 0.806. The molecule has 0 amide bonds. The maximum atomic E-state index is 5.48. The van der Waals surface area contributed by atoms with E-state index in [0.29, 0.717) is 6.04 Å². The molecule has 1 saturated heterocycles. The van der Waals surface area contributed by atoms with Gasteiger partial charge in [-0.2, -0.15) is 0 Å². The number of ether oxygens (including phenoxy) is 2. The average molecular weight is 308 g/mol. The fourth-order valence-corrected chi connectivity index (χ4v) is 2.80. The first-order valence-corrected chi connectivity index (χ1v) is 8.34. The highest BCUT2D eigenvalue weighted by Crippen LogP contribution is 2.29. The summed E-state index contributed by atoms with van der Waals surface area (Å²) in [6.45, 7) is 12.6. The smallest absolute Gasteiger partial charge is 0.123 e. The number of hydrogen-bond acceptors (Lipinski definition) is 4.